The molecule has 4 atom stereocenters. The highest BCUT2D eigenvalue weighted by Gasteiger charge is 2.49. The maximum atomic E-state index is 12.1. The second kappa shape index (κ2) is 5.14. The maximum absolute atomic E-state index is 12.1. The van der Waals surface area contributed by atoms with E-state index in [0.29, 0.717) is 12.3 Å². The topological polar surface area (TPSA) is 66.4 Å². The summed E-state index contributed by atoms with van der Waals surface area (Å²) in [6, 6.07) is 0.219. The number of carbonyl (C=O) groups excluding carboxylic acids is 1. The Morgan fingerprint density at radius 3 is 2.26 bits per heavy atom. The molecule has 2 saturated carbocycles. The fraction of sp³-hybridized carbons (Fsp3) is 0.867. The molecular weight excluding hydrogens is 242 g/mol. The van der Waals surface area contributed by atoms with Gasteiger partial charge >= 0.3 is 5.97 Å². The van der Waals surface area contributed by atoms with Crippen LogP contribution in [-0.2, 0) is 9.59 Å². The number of amides is 1. The average Bonchev–Trinajstić information content (AvgIpc) is 3.08. The summed E-state index contributed by atoms with van der Waals surface area (Å²) in [6.45, 7) is 6.66. The van der Waals surface area contributed by atoms with Gasteiger partial charge in [0.05, 0.1) is 11.8 Å². The molecule has 4 heteroatoms. The van der Waals surface area contributed by atoms with Crippen molar-refractivity contribution in [3.05, 3.63) is 0 Å². The molecule has 0 aliphatic heterocycles. The molecule has 2 aliphatic rings. The zero-order chi connectivity index (χ0) is 14.2. The standard InChI is InChI=1S/C15H25NO3/c1-15(2,3)11-6-4-5-7-12(11)16-13(17)9-8-10(9)14(18)19/h9-12H,4-8H2,1-3H3,(H,16,17)(H,18,19). The molecule has 2 N–H and O–H groups in total. The van der Waals surface area contributed by atoms with Gasteiger partial charge in [-0.1, -0.05) is 33.6 Å². The van der Waals surface area contributed by atoms with E-state index in [4.69, 9.17) is 5.11 Å². The normalized spacial score (nSPS) is 34.7. The molecule has 0 aromatic rings. The van der Waals surface area contributed by atoms with Gasteiger partial charge in [0.1, 0.15) is 0 Å². The van der Waals surface area contributed by atoms with Crippen LogP contribution in [0.25, 0.3) is 0 Å². The molecule has 2 fully saturated rings. The molecular formula is C15H25NO3. The number of carboxylic acids is 1. The number of nitrogens with one attached hydrogen (secondary N) is 1. The fourth-order valence-electron chi connectivity index (χ4n) is 3.39. The van der Waals surface area contributed by atoms with E-state index in [2.05, 4.69) is 26.1 Å². The third kappa shape index (κ3) is 3.28. The Bertz CT molecular complexity index is 372. The van der Waals surface area contributed by atoms with Gasteiger partial charge < -0.3 is 10.4 Å². The summed E-state index contributed by atoms with van der Waals surface area (Å²) in [7, 11) is 0. The van der Waals surface area contributed by atoms with Crippen LogP contribution in [0.15, 0.2) is 0 Å². The molecule has 4 nitrogen and oxygen atoms in total. The van der Waals surface area contributed by atoms with Crippen LogP contribution in [0.2, 0.25) is 0 Å². The lowest BCUT2D eigenvalue weighted by Gasteiger charge is -2.40. The first-order valence-corrected chi connectivity index (χ1v) is 7.34. The van der Waals surface area contributed by atoms with Crippen LogP contribution >= 0.6 is 0 Å². The van der Waals surface area contributed by atoms with Crippen molar-refractivity contribution in [2.75, 3.05) is 0 Å². The molecule has 0 heterocycles. The molecule has 1 amide bonds. The van der Waals surface area contributed by atoms with Crippen LogP contribution in [0.4, 0.5) is 0 Å². The smallest absolute Gasteiger partial charge is 0.307 e. The van der Waals surface area contributed by atoms with Crippen LogP contribution in [0.1, 0.15) is 52.9 Å². The lowest BCUT2D eigenvalue weighted by Crippen LogP contribution is -2.47. The van der Waals surface area contributed by atoms with E-state index >= 15 is 0 Å². The summed E-state index contributed by atoms with van der Waals surface area (Å²) < 4.78 is 0. The van der Waals surface area contributed by atoms with Gasteiger partial charge in [-0.25, -0.2) is 0 Å². The highest BCUT2D eigenvalue weighted by atomic mass is 16.4. The van der Waals surface area contributed by atoms with Gasteiger partial charge in [0.2, 0.25) is 5.91 Å². The van der Waals surface area contributed by atoms with Crippen molar-refractivity contribution >= 4 is 11.9 Å². The number of carboxylic acid groups (broad SMARTS) is 1. The van der Waals surface area contributed by atoms with Crippen molar-refractivity contribution in [1.29, 1.82) is 0 Å². The second-order valence-corrected chi connectivity index (χ2v) is 7.16. The van der Waals surface area contributed by atoms with Crippen molar-refractivity contribution in [3.63, 3.8) is 0 Å². The first-order valence-electron chi connectivity index (χ1n) is 7.34. The van der Waals surface area contributed by atoms with Gasteiger partial charge in [0.15, 0.2) is 0 Å². The van der Waals surface area contributed by atoms with E-state index in [-0.39, 0.29) is 23.3 Å². The molecule has 0 saturated heterocycles. The lowest BCUT2D eigenvalue weighted by molar-refractivity contribution is -0.140. The molecule has 0 bridgehead atoms. The number of carbonyl (C=O) groups is 2. The quantitative estimate of drug-likeness (QED) is 0.825. The van der Waals surface area contributed by atoms with Crippen LogP contribution in [0, 0.1) is 23.2 Å². The summed E-state index contributed by atoms with van der Waals surface area (Å²) in [5.41, 5.74) is 0.189. The summed E-state index contributed by atoms with van der Waals surface area (Å²) in [4.78, 5) is 22.9. The van der Waals surface area contributed by atoms with Crippen molar-refractivity contribution in [2.45, 2.75) is 58.9 Å². The van der Waals surface area contributed by atoms with Gasteiger partial charge in [-0.2, -0.15) is 0 Å². The largest absolute Gasteiger partial charge is 0.481 e. The summed E-state index contributed by atoms with van der Waals surface area (Å²) in [5, 5.41) is 12.0. The predicted molar refractivity (Wildman–Crippen MR) is 72.6 cm³/mol. The number of hydrogen-bond donors (Lipinski definition) is 2. The monoisotopic (exact) mass is 267 g/mol. The molecule has 0 aromatic heterocycles. The van der Waals surface area contributed by atoms with E-state index in [1.165, 1.54) is 6.42 Å². The van der Waals surface area contributed by atoms with Crippen molar-refractivity contribution in [2.24, 2.45) is 23.2 Å². The minimum absolute atomic E-state index is 0.0476. The minimum Gasteiger partial charge on any atom is -0.481 e. The maximum Gasteiger partial charge on any atom is 0.307 e. The average molecular weight is 267 g/mol. The Hall–Kier alpha value is -1.06. The summed E-state index contributed by atoms with van der Waals surface area (Å²) in [6.07, 6.45) is 5.08. The third-order valence-corrected chi connectivity index (χ3v) is 4.65. The van der Waals surface area contributed by atoms with Crippen LogP contribution < -0.4 is 5.32 Å². The van der Waals surface area contributed by atoms with E-state index in [0.717, 1.165) is 19.3 Å². The van der Waals surface area contributed by atoms with Gasteiger partial charge in [0.25, 0.3) is 0 Å². The first-order chi connectivity index (χ1) is 8.80. The van der Waals surface area contributed by atoms with E-state index in [1.807, 2.05) is 0 Å². The summed E-state index contributed by atoms with van der Waals surface area (Å²) >= 11 is 0. The Balaban J connectivity index is 1.93. The van der Waals surface area contributed by atoms with E-state index in [9.17, 15) is 9.59 Å². The second-order valence-electron chi connectivity index (χ2n) is 7.16. The molecule has 19 heavy (non-hydrogen) atoms. The van der Waals surface area contributed by atoms with Gasteiger partial charge in [0, 0.05) is 6.04 Å². The van der Waals surface area contributed by atoms with Crippen molar-refractivity contribution < 1.29 is 14.7 Å². The van der Waals surface area contributed by atoms with Crippen LogP contribution in [0.5, 0.6) is 0 Å². The van der Waals surface area contributed by atoms with E-state index in [1.54, 1.807) is 0 Å². The lowest BCUT2D eigenvalue weighted by atomic mass is 9.69. The number of aliphatic carboxylic acids is 1. The zero-order valence-electron chi connectivity index (χ0n) is 12.1. The first kappa shape index (κ1) is 14.4. The van der Waals surface area contributed by atoms with Crippen molar-refractivity contribution in [1.82, 2.24) is 5.32 Å². The highest BCUT2D eigenvalue weighted by molar-refractivity contribution is 5.89. The van der Waals surface area contributed by atoms with Gasteiger partial charge in [-0.15, -0.1) is 0 Å². The minimum atomic E-state index is -0.837. The molecule has 0 spiro atoms. The fourth-order valence-corrected chi connectivity index (χ4v) is 3.39. The third-order valence-electron chi connectivity index (χ3n) is 4.65. The molecule has 0 aromatic carbocycles. The van der Waals surface area contributed by atoms with Crippen molar-refractivity contribution in [3.8, 4) is 0 Å². The van der Waals surface area contributed by atoms with Gasteiger partial charge in [-0.3, -0.25) is 9.59 Å². The SMILES string of the molecule is CC(C)(C)C1CCCCC1NC(=O)C1CC1C(=O)O. The number of hydrogen-bond acceptors (Lipinski definition) is 2. The molecule has 0 radical (unpaired) electrons. The Kier molecular flexibility index (Phi) is 3.88. The molecule has 4 unspecified atom stereocenters. The summed E-state index contributed by atoms with van der Waals surface area (Å²) in [5.74, 6) is -1.13. The Morgan fingerprint density at radius 2 is 1.74 bits per heavy atom. The molecule has 108 valence electrons. The Morgan fingerprint density at radius 1 is 1.11 bits per heavy atom. The Labute approximate surface area is 115 Å². The van der Waals surface area contributed by atoms with Gasteiger partial charge in [-0.05, 0) is 30.6 Å². The van der Waals surface area contributed by atoms with Crippen LogP contribution in [-0.4, -0.2) is 23.0 Å². The highest BCUT2D eigenvalue weighted by Crippen LogP contribution is 2.41. The zero-order valence-corrected chi connectivity index (χ0v) is 12.1. The predicted octanol–water partition coefficient (Wildman–Crippen LogP) is 2.43. The van der Waals surface area contributed by atoms with Crippen LogP contribution in [0.3, 0.4) is 0 Å². The number of rotatable bonds is 3. The molecule has 2 aliphatic carbocycles. The molecule has 2 rings (SSSR count). The van der Waals surface area contributed by atoms with E-state index < -0.39 is 11.9 Å².